The van der Waals surface area contributed by atoms with Gasteiger partial charge in [-0.15, -0.1) is 0 Å². The second-order valence-electron chi connectivity index (χ2n) is 9.83. The monoisotopic (exact) mass is 472 g/mol. The minimum Gasteiger partial charge on any atom is -0.426 e. The van der Waals surface area contributed by atoms with E-state index in [0.29, 0.717) is 18.5 Å². The van der Waals surface area contributed by atoms with Gasteiger partial charge in [-0.25, -0.2) is 4.90 Å². The normalized spacial score (nSPS) is 24.0. The molecule has 0 radical (unpaired) electrons. The second kappa shape index (κ2) is 8.80. The summed E-state index contributed by atoms with van der Waals surface area (Å²) in [5, 5.41) is 0. The number of nitrogens with zero attached hydrogens (tertiary/aromatic N) is 2. The first-order chi connectivity index (χ1) is 16.7. The van der Waals surface area contributed by atoms with Crippen LogP contribution >= 0.6 is 0 Å². The van der Waals surface area contributed by atoms with Crippen molar-refractivity contribution in [3.05, 3.63) is 65.2 Å². The lowest BCUT2D eigenvalue weighted by atomic mass is 9.82. The number of rotatable bonds is 4. The summed E-state index contributed by atoms with van der Waals surface area (Å²) in [6.07, 6.45) is 3.26. The van der Waals surface area contributed by atoms with Gasteiger partial charge in [-0.3, -0.25) is 19.2 Å². The summed E-state index contributed by atoms with van der Waals surface area (Å²) in [7, 11) is 0. The Labute approximate surface area is 204 Å². The molecule has 2 aromatic carbocycles. The summed E-state index contributed by atoms with van der Waals surface area (Å²) >= 11 is 0. The number of aryl methyl sites for hydroxylation is 2. The molecule has 2 aliphatic heterocycles. The summed E-state index contributed by atoms with van der Waals surface area (Å²) in [4.78, 5) is 54.5. The molecule has 180 valence electrons. The van der Waals surface area contributed by atoms with Crippen molar-refractivity contribution in [2.24, 2.45) is 17.8 Å². The highest BCUT2D eigenvalue weighted by atomic mass is 16.5. The molecule has 35 heavy (non-hydrogen) atoms. The number of esters is 1. The van der Waals surface area contributed by atoms with Crippen molar-refractivity contribution in [2.45, 2.75) is 40.0 Å². The molecule has 2 heterocycles. The largest absolute Gasteiger partial charge is 0.426 e. The number of carbonyl (C=O) groups is 4. The highest BCUT2D eigenvalue weighted by Gasteiger charge is 2.48. The zero-order chi connectivity index (χ0) is 24.9. The molecule has 0 aromatic heterocycles. The van der Waals surface area contributed by atoms with Gasteiger partial charge < -0.3 is 9.64 Å². The van der Waals surface area contributed by atoms with Crippen LogP contribution in [0.2, 0.25) is 0 Å². The van der Waals surface area contributed by atoms with E-state index >= 15 is 0 Å². The van der Waals surface area contributed by atoms with Crippen LogP contribution in [-0.4, -0.2) is 30.2 Å². The zero-order valence-electron chi connectivity index (χ0n) is 20.1. The Morgan fingerprint density at radius 1 is 0.943 bits per heavy atom. The summed E-state index contributed by atoms with van der Waals surface area (Å²) in [6.45, 7) is 6.13. The molecule has 3 aliphatic rings. The Kier molecular flexibility index (Phi) is 5.79. The van der Waals surface area contributed by atoms with E-state index < -0.39 is 11.9 Å². The van der Waals surface area contributed by atoms with Crippen molar-refractivity contribution in [3.63, 3.8) is 0 Å². The maximum atomic E-state index is 13.0. The lowest BCUT2D eigenvalue weighted by Crippen LogP contribution is -2.31. The predicted octanol–water partition coefficient (Wildman–Crippen LogP) is 4.11. The van der Waals surface area contributed by atoms with E-state index in [4.69, 9.17) is 4.74 Å². The average molecular weight is 473 g/mol. The summed E-state index contributed by atoms with van der Waals surface area (Å²) in [5.41, 5.74) is 4.34. The van der Waals surface area contributed by atoms with Crippen LogP contribution in [0.15, 0.2) is 54.1 Å². The standard InChI is InChI=1S/C28H28N2O5/c1-16-8-10-22-23(11-16)27(33)30(26(22)32)20-5-4-6-21(14-20)35-28(34)19-13-25(31)29(15-19)24-12-17(2)7-9-18(24)3/h4-9,12,14,19,22-23H,10-11,13,15H2,1-3H3/t19-,22-,23-/m0/s1. The lowest BCUT2D eigenvalue weighted by molar-refractivity contribution is -0.139. The molecular formula is C28H28N2O5. The van der Waals surface area contributed by atoms with E-state index in [2.05, 4.69) is 0 Å². The van der Waals surface area contributed by atoms with E-state index in [0.717, 1.165) is 22.4 Å². The van der Waals surface area contributed by atoms with Gasteiger partial charge in [0.2, 0.25) is 17.7 Å². The van der Waals surface area contributed by atoms with Gasteiger partial charge in [-0.2, -0.15) is 0 Å². The third kappa shape index (κ3) is 4.16. The molecule has 2 saturated heterocycles. The molecule has 7 heteroatoms. The Morgan fingerprint density at radius 2 is 1.71 bits per heavy atom. The lowest BCUT2D eigenvalue weighted by Gasteiger charge is -2.19. The van der Waals surface area contributed by atoms with Crippen molar-refractivity contribution >= 4 is 35.1 Å². The molecule has 7 nitrogen and oxygen atoms in total. The van der Waals surface area contributed by atoms with Gasteiger partial charge in [0.1, 0.15) is 5.75 Å². The fourth-order valence-corrected chi connectivity index (χ4v) is 5.29. The Morgan fingerprint density at radius 3 is 2.51 bits per heavy atom. The van der Waals surface area contributed by atoms with Gasteiger partial charge in [-0.05, 0) is 62.9 Å². The van der Waals surface area contributed by atoms with Crippen LogP contribution in [0.25, 0.3) is 0 Å². The van der Waals surface area contributed by atoms with Gasteiger partial charge in [0.15, 0.2) is 0 Å². The van der Waals surface area contributed by atoms with Crippen LogP contribution in [0.5, 0.6) is 5.75 Å². The van der Waals surface area contributed by atoms with Crippen LogP contribution in [0, 0.1) is 31.6 Å². The van der Waals surface area contributed by atoms with Gasteiger partial charge in [0.25, 0.3) is 0 Å². The number of imide groups is 1. The van der Waals surface area contributed by atoms with E-state index in [-0.39, 0.29) is 48.3 Å². The average Bonchev–Trinajstić information content (AvgIpc) is 3.33. The minimum atomic E-state index is -0.599. The van der Waals surface area contributed by atoms with Gasteiger partial charge in [0, 0.05) is 24.7 Å². The maximum absolute atomic E-state index is 13.0. The first-order valence-corrected chi connectivity index (χ1v) is 12.0. The van der Waals surface area contributed by atoms with Crippen molar-refractivity contribution < 1.29 is 23.9 Å². The molecule has 0 unspecified atom stereocenters. The zero-order valence-corrected chi connectivity index (χ0v) is 20.1. The second-order valence-corrected chi connectivity index (χ2v) is 9.83. The fraction of sp³-hybridized carbons (Fsp3) is 0.357. The van der Waals surface area contributed by atoms with E-state index in [1.54, 1.807) is 29.2 Å². The van der Waals surface area contributed by atoms with Crippen molar-refractivity contribution in [1.82, 2.24) is 0 Å². The van der Waals surface area contributed by atoms with Crippen molar-refractivity contribution in [1.29, 1.82) is 0 Å². The Bertz CT molecular complexity index is 1280. The molecule has 1 aliphatic carbocycles. The first kappa shape index (κ1) is 23.0. The smallest absolute Gasteiger partial charge is 0.316 e. The molecule has 0 bridgehead atoms. The third-order valence-electron chi connectivity index (χ3n) is 7.23. The van der Waals surface area contributed by atoms with E-state index in [1.807, 2.05) is 45.0 Å². The van der Waals surface area contributed by atoms with Crippen LogP contribution in [0.3, 0.4) is 0 Å². The first-order valence-electron chi connectivity index (χ1n) is 12.0. The maximum Gasteiger partial charge on any atom is 0.316 e. The molecule has 2 aromatic rings. The Balaban J connectivity index is 1.30. The number of ether oxygens (including phenoxy) is 1. The van der Waals surface area contributed by atoms with Crippen LogP contribution in [0.1, 0.15) is 37.3 Å². The van der Waals surface area contributed by atoms with Gasteiger partial charge in [0.05, 0.1) is 23.4 Å². The SMILES string of the molecule is CC1=CC[C@@H]2C(=O)N(c3cccc(OC(=O)[C@H]4CC(=O)N(c5cc(C)ccc5C)C4)c3)C(=O)[C@H]2C1. The minimum absolute atomic E-state index is 0.0741. The molecule has 3 amide bonds. The Hall–Kier alpha value is -3.74. The third-order valence-corrected chi connectivity index (χ3v) is 7.23. The number of amides is 3. The van der Waals surface area contributed by atoms with E-state index in [9.17, 15) is 19.2 Å². The van der Waals surface area contributed by atoms with Crippen LogP contribution in [-0.2, 0) is 19.2 Å². The number of hydrogen-bond donors (Lipinski definition) is 0. The van der Waals surface area contributed by atoms with E-state index in [1.165, 1.54) is 4.90 Å². The van der Waals surface area contributed by atoms with Crippen LogP contribution < -0.4 is 14.5 Å². The molecule has 5 rings (SSSR count). The molecule has 2 fully saturated rings. The highest BCUT2D eigenvalue weighted by molar-refractivity contribution is 6.22. The highest BCUT2D eigenvalue weighted by Crippen LogP contribution is 2.40. The molecule has 0 spiro atoms. The fourth-order valence-electron chi connectivity index (χ4n) is 5.29. The van der Waals surface area contributed by atoms with Crippen molar-refractivity contribution in [2.75, 3.05) is 16.3 Å². The number of fused-ring (bicyclic) bond motifs is 1. The number of hydrogen-bond acceptors (Lipinski definition) is 5. The number of carbonyl (C=O) groups excluding carboxylic acids is 4. The molecule has 0 saturated carbocycles. The summed E-state index contributed by atoms with van der Waals surface area (Å²) in [6, 6.07) is 12.4. The summed E-state index contributed by atoms with van der Waals surface area (Å²) in [5.74, 6) is -2.06. The molecule has 0 N–H and O–H groups in total. The molecular weight excluding hydrogens is 444 g/mol. The topological polar surface area (TPSA) is 84.0 Å². The predicted molar refractivity (Wildman–Crippen MR) is 131 cm³/mol. The number of benzene rings is 2. The van der Waals surface area contributed by atoms with Gasteiger partial charge >= 0.3 is 5.97 Å². The molecule has 3 atom stereocenters. The summed E-state index contributed by atoms with van der Waals surface area (Å²) < 4.78 is 5.61. The van der Waals surface area contributed by atoms with Gasteiger partial charge in [-0.1, -0.05) is 29.8 Å². The quantitative estimate of drug-likeness (QED) is 0.289. The number of allylic oxidation sites excluding steroid dienone is 2. The van der Waals surface area contributed by atoms with Crippen molar-refractivity contribution in [3.8, 4) is 5.75 Å². The van der Waals surface area contributed by atoms with Crippen LogP contribution in [0.4, 0.5) is 11.4 Å². The number of anilines is 2.